The molecule has 136 valence electrons. The van der Waals surface area contributed by atoms with Crippen LogP contribution < -0.4 is 16.6 Å². The molecule has 0 fully saturated rings. The lowest BCUT2D eigenvalue weighted by molar-refractivity contribution is -0.119. The van der Waals surface area contributed by atoms with E-state index < -0.39 is 5.69 Å². The van der Waals surface area contributed by atoms with E-state index in [0.717, 1.165) is 10.1 Å². The van der Waals surface area contributed by atoms with Gasteiger partial charge in [0.25, 0.3) is 5.56 Å². The maximum absolute atomic E-state index is 12.7. The maximum Gasteiger partial charge on any atom is 0.332 e. The van der Waals surface area contributed by atoms with Gasteiger partial charge in [0, 0.05) is 30.7 Å². The fourth-order valence-corrected chi connectivity index (χ4v) is 3.60. The molecule has 2 heterocycles. The molecular weight excluding hydrogens is 340 g/mol. The fourth-order valence-electron chi connectivity index (χ4n) is 2.55. The van der Waals surface area contributed by atoms with Gasteiger partial charge in [-0.3, -0.25) is 18.7 Å². The van der Waals surface area contributed by atoms with Crippen LogP contribution in [0.3, 0.4) is 0 Å². The molecule has 0 radical (unpaired) electrons. The van der Waals surface area contributed by atoms with Crippen molar-refractivity contribution in [3.05, 3.63) is 32.6 Å². The van der Waals surface area contributed by atoms with E-state index in [0.29, 0.717) is 22.3 Å². The second-order valence-electron chi connectivity index (χ2n) is 6.96. The molecule has 0 bridgehead atoms. The number of thioether (sulfide) groups is 1. The van der Waals surface area contributed by atoms with E-state index in [1.807, 2.05) is 27.7 Å². The Labute approximate surface area is 150 Å². The standard InChI is InChI=1S/C17H24N4O3S/c1-7-10-8-18-14-12(15(23)21(6)16(24)20(14)5)13(10)25-9-11(22)19-17(2,3)4/h8H,7,9H2,1-6H3,(H,19,22). The fraction of sp³-hybridized carbons (Fsp3) is 0.529. The molecular formula is C17H24N4O3S. The van der Waals surface area contributed by atoms with E-state index >= 15 is 0 Å². The van der Waals surface area contributed by atoms with Crippen molar-refractivity contribution in [2.75, 3.05) is 5.75 Å². The summed E-state index contributed by atoms with van der Waals surface area (Å²) in [5, 5.41) is 3.29. The largest absolute Gasteiger partial charge is 0.351 e. The second kappa shape index (κ2) is 7.03. The summed E-state index contributed by atoms with van der Waals surface area (Å²) < 4.78 is 2.43. The van der Waals surface area contributed by atoms with Gasteiger partial charge in [0.05, 0.1) is 11.1 Å². The number of amides is 1. The number of carbonyl (C=O) groups excluding carboxylic acids is 1. The molecule has 0 aliphatic heterocycles. The highest BCUT2D eigenvalue weighted by Gasteiger charge is 2.19. The van der Waals surface area contributed by atoms with Crippen LogP contribution in [0.1, 0.15) is 33.3 Å². The third-order valence-electron chi connectivity index (χ3n) is 3.74. The van der Waals surface area contributed by atoms with Gasteiger partial charge in [-0.1, -0.05) is 6.92 Å². The molecule has 0 unspecified atom stereocenters. The summed E-state index contributed by atoms with van der Waals surface area (Å²) in [6, 6.07) is 0. The Morgan fingerprint density at radius 2 is 1.88 bits per heavy atom. The SMILES string of the molecule is CCc1cnc2c(c1SCC(=O)NC(C)(C)C)c(=O)n(C)c(=O)n2C. The molecule has 0 aliphatic carbocycles. The number of aryl methyl sites for hydroxylation is 2. The van der Waals surface area contributed by atoms with Gasteiger partial charge in [0.2, 0.25) is 5.91 Å². The summed E-state index contributed by atoms with van der Waals surface area (Å²) in [5.41, 5.74) is 0.0992. The summed E-state index contributed by atoms with van der Waals surface area (Å²) in [5.74, 6) is 0.0845. The van der Waals surface area contributed by atoms with Crippen molar-refractivity contribution in [3.63, 3.8) is 0 Å². The van der Waals surface area contributed by atoms with Crippen molar-refractivity contribution < 1.29 is 4.79 Å². The minimum absolute atomic E-state index is 0.105. The van der Waals surface area contributed by atoms with E-state index in [-0.39, 0.29) is 22.8 Å². The zero-order chi connectivity index (χ0) is 18.9. The highest BCUT2D eigenvalue weighted by molar-refractivity contribution is 8.00. The van der Waals surface area contributed by atoms with Gasteiger partial charge in [-0.15, -0.1) is 11.8 Å². The molecule has 0 aliphatic rings. The first kappa shape index (κ1) is 19.2. The van der Waals surface area contributed by atoms with Crippen molar-refractivity contribution in [2.24, 2.45) is 14.1 Å². The number of nitrogens with one attached hydrogen (secondary N) is 1. The first-order chi connectivity index (χ1) is 11.6. The van der Waals surface area contributed by atoms with Gasteiger partial charge < -0.3 is 5.32 Å². The Morgan fingerprint density at radius 3 is 2.44 bits per heavy atom. The zero-order valence-electron chi connectivity index (χ0n) is 15.5. The quantitative estimate of drug-likeness (QED) is 0.824. The molecule has 2 rings (SSSR count). The smallest absolute Gasteiger partial charge is 0.332 e. The summed E-state index contributed by atoms with van der Waals surface area (Å²) in [4.78, 5) is 41.9. The lowest BCUT2D eigenvalue weighted by atomic mass is 10.1. The van der Waals surface area contributed by atoms with Crippen LogP contribution in [0.5, 0.6) is 0 Å². The molecule has 0 aromatic carbocycles. The highest BCUT2D eigenvalue weighted by atomic mass is 32.2. The average molecular weight is 364 g/mol. The normalized spacial score (nSPS) is 11.8. The summed E-state index contributed by atoms with van der Waals surface area (Å²) in [6.07, 6.45) is 2.35. The van der Waals surface area contributed by atoms with Crippen molar-refractivity contribution in [1.29, 1.82) is 0 Å². The van der Waals surface area contributed by atoms with Crippen LogP contribution in [-0.4, -0.2) is 31.3 Å². The van der Waals surface area contributed by atoms with E-state index in [1.54, 1.807) is 13.2 Å². The van der Waals surface area contributed by atoms with Crippen molar-refractivity contribution in [2.45, 2.75) is 44.6 Å². The number of carbonyl (C=O) groups is 1. The molecule has 7 nitrogen and oxygen atoms in total. The Kier molecular flexibility index (Phi) is 5.41. The molecule has 1 amide bonds. The number of pyridine rings is 1. The second-order valence-corrected chi connectivity index (χ2v) is 7.94. The predicted octanol–water partition coefficient (Wildman–Crippen LogP) is 1.20. The number of hydrogen-bond acceptors (Lipinski definition) is 5. The Morgan fingerprint density at radius 1 is 1.24 bits per heavy atom. The predicted molar refractivity (Wildman–Crippen MR) is 100 cm³/mol. The zero-order valence-corrected chi connectivity index (χ0v) is 16.3. The van der Waals surface area contributed by atoms with Crippen LogP contribution in [0.25, 0.3) is 11.0 Å². The molecule has 0 atom stereocenters. The topological polar surface area (TPSA) is 86.0 Å². The molecule has 0 saturated carbocycles. The molecule has 0 saturated heterocycles. The molecule has 8 heteroatoms. The van der Waals surface area contributed by atoms with Gasteiger partial charge >= 0.3 is 5.69 Å². The van der Waals surface area contributed by atoms with Crippen molar-refractivity contribution in [1.82, 2.24) is 19.4 Å². The molecule has 2 aromatic heterocycles. The van der Waals surface area contributed by atoms with Gasteiger partial charge in [0.15, 0.2) is 0 Å². The molecule has 1 N–H and O–H groups in total. The highest BCUT2D eigenvalue weighted by Crippen LogP contribution is 2.28. The monoisotopic (exact) mass is 364 g/mol. The third kappa shape index (κ3) is 3.95. The number of aromatic nitrogens is 3. The van der Waals surface area contributed by atoms with Gasteiger partial charge in [-0.25, -0.2) is 9.78 Å². The van der Waals surface area contributed by atoms with Crippen LogP contribution in [-0.2, 0) is 25.3 Å². The molecule has 25 heavy (non-hydrogen) atoms. The van der Waals surface area contributed by atoms with Gasteiger partial charge in [0.1, 0.15) is 5.65 Å². The first-order valence-corrected chi connectivity index (χ1v) is 9.06. The number of nitrogens with zero attached hydrogens (tertiary/aromatic N) is 3. The van der Waals surface area contributed by atoms with Crippen LogP contribution in [0.4, 0.5) is 0 Å². The lowest BCUT2D eigenvalue weighted by Crippen LogP contribution is -2.41. The van der Waals surface area contributed by atoms with E-state index in [1.165, 1.54) is 23.4 Å². The molecule has 2 aromatic rings. The lowest BCUT2D eigenvalue weighted by Gasteiger charge is -2.20. The minimum atomic E-state index is -0.421. The third-order valence-corrected chi connectivity index (χ3v) is 4.90. The Hall–Kier alpha value is -2.09. The van der Waals surface area contributed by atoms with Gasteiger partial charge in [-0.05, 0) is 32.8 Å². The van der Waals surface area contributed by atoms with Crippen molar-refractivity contribution >= 4 is 28.7 Å². The van der Waals surface area contributed by atoms with Crippen LogP contribution in [0, 0.1) is 0 Å². The van der Waals surface area contributed by atoms with Crippen LogP contribution in [0.2, 0.25) is 0 Å². The molecule has 0 spiro atoms. The number of rotatable bonds is 4. The summed E-state index contributed by atoms with van der Waals surface area (Å²) >= 11 is 1.31. The van der Waals surface area contributed by atoms with E-state index in [2.05, 4.69) is 10.3 Å². The summed E-state index contributed by atoms with van der Waals surface area (Å²) in [7, 11) is 3.03. The number of fused-ring (bicyclic) bond motifs is 1. The number of hydrogen-bond donors (Lipinski definition) is 1. The first-order valence-electron chi connectivity index (χ1n) is 8.08. The average Bonchev–Trinajstić information content (AvgIpc) is 2.53. The van der Waals surface area contributed by atoms with E-state index in [9.17, 15) is 14.4 Å². The Balaban J connectivity index is 2.56. The van der Waals surface area contributed by atoms with Crippen molar-refractivity contribution in [3.8, 4) is 0 Å². The van der Waals surface area contributed by atoms with Crippen LogP contribution in [0.15, 0.2) is 20.7 Å². The maximum atomic E-state index is 12.7. The van der Waals surface area contributed by atoms with Crippen LogP contribution >= 0.6 is 11.8 Å². The van der Waals surface area contributed by atoms with E-state index in [4.69, 9.17) is 0 Å². The minimum Gasteiger partial charge on any atom is -0.351 e. The van der Waals surface area contributed by atoms with Gasteiger partial charge in [-0.2, -0.15) is 0 Å². The summed E-state index contributed by atoms with van der Waals surface area (Å²) in [6.45, 7) is 7.72. The Bertz CT molecular complexity index is 938.